The Bertz CT molecular complexity index is 400. The Morgan fingerprint density at radius 2 is 2.21 bits per heavy atom. The number of aldehydes is 1. The summed E-state index contributed by atoms with van der Waals surface area (Å²) >= 11 is 0. The summed E-state index contributed by atoms with van der Waals surface area (Å²) in [5.41, 5.74) is -1.63. The lowest BCUT2D eigenvalue weighted by molar-refractivity contribution is 0.111. The molecule has 0 radical (unpaired) electrons. The number of aromatic nitrogens is 1. The van der Waals surface area contributed by atoms with Crippen LogP contribution in [0.1, 0.15) is 22.5 Å². The van der Waals surface area contributed by atoms with Crippen molar-refractivity contribution < 1.29 is 18.3 Å². The van der Waals surface area contributed by atoms with Gasteiger partial charge in [0.2, 0.25) is 5.56 Å². The van der Waals surface area contributed by atoms with E-state index in [4.69, 9.17) is 0 Å². The molecule has 0 spiro atoms. The van der Waals surface area contributed by atoms with Crippen molar-refractivity contribution in [1.29, 1.82) is 0 Å². The van der Waals surface area contributed by atoms with Gasteiger partial charge in [0.1, 0.15) is 5.69 Å². The first-order valence-electron chi connectivity index (χ1n) is 3.64. The van der Waals surface area contributed by atoms with Crippen LogP contribution in [0.25, 0.3) is 0 Å². The Morgan fingerprint density at radius 3 is 2.64 bits per heavy atom. The Kier molecular flexibility index (Phi) is 2.95. The molecule has 1 aromatic rings. The van der Waals surface area contributed by atoms with Crippen LogP contribution in [0.2, 0.25) is 0 Å². The summed E-state index contributed by atoms with van der Waals surface area (Å²) in [6, 6.07) is 0.705. The predicted molar refractivity (Wildman–Crippen MR) is 44.0 cm³/mol. The van der Waals surface area contributed by atoms with Crippen molar-refractivity contribution in [2.24, 2.45) is 0 Å². The molecule has 0 amide bonds. The fourth-order valence-corrected chi connectivity index (χ4v) is 1.06. The lowest BCUT2D eigenvalue weighted by atomic mass is 10.2. The zero-order valence-electron chi connectivity index (χ0n) is 7.21. The molecule has 0 saturated carbocycles. The third kappa shape index (κ3) is 1.78. The van der Waals surface area contributed by atoms with Gasteiger partial charge in [0, 0.05) is 6.07 Å². The van der Waals surface area contributed by atoms with Crippen molar-refractivity contribution in [2.75, 3.05) is 7.11 Å². The van der Waals surface area contributed by atoms with E-state index < -0.39 is 17.5 Å². The van der Waals surface area contributed by atoms with Crippen LogP contribution in [0, 0.1) is 0 Å². The van der Waals surface area contributed by atoms with E-state index in [1.807, 2.05) is 0 Å². The summed E-state index contributed by atoms with van der Waals surface area (Å²) in [6.07, 6.45) is -2.60. The molecule has 0 fully saturated rings. The van der Waals surface area contributed by atoms with Crippen LogP contribution >= 0.6 is 0 Å². The Labute approximate surface area is 77.5 Å². The molecule has 14 heavy (non-hydrogen) atoms. The van der Waals surface area contributed by atoms with Gasteiger partial charge in [-0.05, 0) is 0 Å². The maximum atomic E-state index is 12.4. The van der Waals surface area contributed by atoms with Crippen LogP contribution in [-0.2, 0) is 0 Å². The van der Waals surface area contributed by atoms with E-state index in [2.05, 4.69) is 9.72 Å². The number of alkyl halides is 2. The quantitative estimate of drug-likeness (QED) is 0.749. The fraction of sp³-hybridized carbons (Fsp3) is 0.250. The van der Waals surface area contributed by atoms with Gasteiger partial charge < -0.3 is 9.72 Å². The molecule has 1 heterocycles. The molecule has 1 aromatic heterocycles. The van der Waals surface area contributed by atoms with Gasteiger partial charge in [-0.25, -0.2) is 8.78 Å². The number of aromatic amines is 1. The van der Waals surface area contributed by atoms with Gasteiger partial charge in [0.05, 0.1) is 12.7 Å². The zero-order chi connectivity index (χ0) is 10.7. The lowest BCUT2D eigenvalue weighted by Crippen LogP contribution is -2.12. The molecular weight excluding hydrogens is 196 g/mol. The van der Waals surface area contributed by atoms with Gasteiger partial charge >= 0.3 is 0 Å². The zero-order valence-corrected chi connectivity index (χ0v) is 7.21. The van der Waals surface area contributed by atoms with Gasteiger partial charge in [-0.1, -0.05) is 0 Å². The smallest absolute Gasteiger partial charge is 0.267 e. The number of carbonyl (C=O) groups excluding carboxylic acids is 1. The molecule has 4 nitrogen and oxygen atoms in total. The average Bonchev–Trinajstić information content (AvgIpc) is 2.16. The summed E-state index contributed by atoms with van der Waals surface area (Å²) in [4.78, 5) is 23.3. The highest BCUT2D eigenvalue weighted by molar-refractivity contribution is 5.77. The maximum absolute atomic E-state index is 12.4. The standard InChI is InChI=1S/C8H7F2NO3/c1-14-7-4(8(9)10)2-6(13)11-5(7)3-12/h2-3,8H,1H3,(H,11,13). The largest absolute Gasteiger partial charge is 0.494 e. The molecule has 0 aliphatic rings. The fourth-order valence-electron chi connectivity index (χ4n) is 1.06. The van der Waals surface area contributed by atoms with Crippen molar-refractivity contribution in [3.05, 3.63) is 27.7 Å². The van der Waals surface area contributed by atoms with Crippen molar-refractivity contribution in [1.82, 2.24) is 4.98 Å². The number of nitrogens with one attached hydrogen (secondary N) is 1. The molecule has 1 rings (SSSR count). The molecule has 0 saturated heterocycles. The first-order valence-corrected chi connectivity index (χ1v) is 3.64. The minimum Gasteiger partial charge on any atom is -0.494 e. The minimum absolute atomic E-state index is 0.256. The maximum Gasteiger partial charge on any atom is 0.267 e. The van der Waals surface area contributed by atoms with E-state index in [1.54, 1.807) is 0 Å². The number of ether oxygens (including phenoxy) is 1. The molecule has 76 valence electrons. The van der Waals surface area contributed by atoms with E-state index in [0.29, 0.717) is 6.07 Å². The van der Waals surface area contributed by atoms with E-state index in [-0.39, 0.29) is 17.7 Å². The first kappa shape index (κ1) is 10.4. The summed E-state index contributed by atoms with van der Waals surface area (Å²) in [7, 11) is 1.15. The number of H-pyrrole nitrogens is 1. The summed E-state index contributed by atoms with van der Waals surface area (Å²) in [5.74, 6) is -0.297. The molecule has 6 heteroatoms. The number of carbonyl (C=O) groups is 1. The van der Waals surface area contributed by atoms with Gasteiger partial charge in [0.15, 0.2) is 12.0 Å². The van der Waals surface area contributed by atoms with Crippen molar-refractivity contribution in [3.63, 3.8) is 0 Å². The van der Waals surface area contributed by atoms with Crippen LogP contribution in [0.3, 0.4) is 0 Å². The van der Waals surface area contributed by atoms with Crippen LogP contribution in [0.15, 0.2) is 10.9 Å². The second kappa shape index (κ2) is 3.99. The van der Waals surface area contributed by atoms with E-state index in [1.165, 1.54) is 0 Å². The molecule has 0 aliphatic carbocycles. The first-order chi connectivity index (χ1) is 6.60. The number of hydrogen-bond acceptors (Lipinski definition) is 3. The van der Waals surface area contributed by atoms with Crippen molar-refractivity contribution in [3.8, 4) is 5.75 Å². The highest BCUT2D eigenvalue weighted by atomic mass is 19.3. The predicted octanol–water partition coefficient (Wildman–Crippen LogP) is 1.13. The van der Waals surface area contributed by atoms with E-state index in [0.717, 1.165) is 7.11 Å². The van der Waals surface area contributed by atoms with Crippen molar-refractivity contribution >= 4 is 6.29 Å². The molecular formula is C8H7F2NO3. The highest BCUT2D eigenvalue weighted by Crippen LogP contribution is 2.28. The van der Waals surface area contributed by atoms with Crippen LogP contribution in [-0.4, -0.2) is 18.4 Å². The average molecular weight is 203 g/mol. The Balaban J connectivity index is 3.47. The molecule has 0 bridgehead atoms. The molecule has 1 N–H and O–H groups in total. The van der Waals surface area contributed by atoms with Crippen molar-refractivity contribution in [2.45, 2.75) is 6.43 Å². The number of hydrogen-bond donors (Lipinski definition) is 1. The normalized spacial score (nSPS) is 10.3. The van der Waals surface area contributed by atoms with Gasteiger partial charge in [-0.15, -0.1) is 0 Å². The number of pyridine rings is 1. The third-order valence-electron chi connectivity index (χ3n) is 1.61. The van der Waals surface area contributed by atoms with Gasteiger partial charge in [-0.3, -0.25) is 9.59 Å². The molecule has 0 unspecified atom stereocenters. The summed E-state index contributed by atoms with van der Waals surface area (Å²) in [6.45, 7) is 0. The minimum atomic E-state index is -2.86. The molecule has 0 aliphatic heterocycles. The van der Waals surface area contributed by atoms with E-state index in [9.17, 15) is 18.4 Å². The molecule has 0 atom stereocenters. The number of methoxy groups -OCH3 is 1. The third-order valence-corrected chi connectivity index (χ3v) is 1.61. The second-order valence-corrected chi connectivity index (χ2v) is 2.45. The monoisotopic (exact) mass is 203 g/mol. The van der Waals surface area contributed by atoms with Crippen LogP contribution in [0.4, 0.5) is 8.78 Å². The lowest BCUT2D eigenvalue weighted by Gasteiger charge is -2.08. The van der Waals surface area contributed by atoms with Gasteiger partial charge in [0.25, 0.3) is 6.43 Å². The Morgan fingerprint density at radius 1 is 1.57 bits per heavy atom. The van der Waals surface area contributed by atoms with E-state index >= 15 is 0 Å². The van der Waals surface area contributed by atoms with Crippen LogP contribution < -0.4 is 10.3 Å². The second-order valence-electron chi connectivity index (χ2n) is 2.45. The topological polar surface area (TPSA) is 59.2 Å². The summed E-state index contributed by atoms with van der Waals surface area (Å²) < 4.78 is 29.3. The summed E-state index contributed by atoms with van der Waals surface area (Å²) in [5, 5.41) is 0. The van der Waals surface area contributed by atoms with Gasteiger partial charge in [-0.2, -0.15) is 0 Å². The molecule has 0 aromatic carbocycles. The SMILES string of the molecule is COc1c(C(F)F)cc(=O)[nH]c1C=O. The number of rotatable bonds is 3. The number of halogens is 2. The van der Waals surface area contributed by atoms with Crippen LogP contribution in [0.5, 0.6) is 5.75 Å². The highest BCUT2D eigenvalue weighted by Gasteiger charge is 2.18. The Hall–Kier alpha value is -1.72.